The van der Waals surface area contributed by atoms with Crippen LogP contribution in [0, 0.1) is 0 Å². The van der Waals surface area contributed by atoms with E-state index in [-0.39, 0.29) is 25.1 Å². The van der Waals surface area contributed by atoms with Crippen molar-refractivity contribution in [1.82, 2.24) is 5.01 Å². The highest BCUT2D eigenvalue weighted by Crippen LogP contribution is 2.63. The van der Waals surface area contributed by atoms with Crippen LogP contribution in [0.5, 0.6) is 0 Å². The first-order valence-electron chi connectivity index (χ1n) is 11.7. The lowest BCUT2D eigenvalue weighted by atomic mass is 9.88. The molecule has 3 aromatic rings. The minimum absolute atomic E-state index is 0.0203. The molecule has 2 saturated heterocycles. The highest BCUT2D eigenvalue weighted by molar-refractivity contribution is 8.04. The minimum atomic E-state index is -1.49. The second-order valence-corrected chi connectivity index (χ2v) is 12.2. The van der Waals surface area contributed by atoms with Crippen LogP contribution in [0.25, 0.3) is 0 Å². The van der Waals surface area contributed by atoms with Gasteiger partial charge in [-0.15, -0.1) is 28.2 Å². The number of thiophene rings is 1. The summed E-state index contributed by atoms with van der Waals surface area (Å²) in [7, 11) is 0. The lowest BCUT2D eigenvalue weighted by molar-refractivity contribution is -0.145. The number of hydrogen-bond acceptors (Lipinski definition) is 10. The zero-order valence-corrected chi connectivity index (χ0v) is 22.6. The molecule has 0 amide bonds. The van der Waals surface area contributed by atoms with Gasteiger partial charge in [0.15, 0.2) is 0 Å². The van der Waals surface area contributed by atoms with Crippen molar-refractivity contribution in [2.24, 2.45) is 5.10 Å². The fraction of sp³-hybridized carbons (Fsp3) is 0.192. The maximum Gasteiger partial charge on any atom is 0.378 e. The van der Waals surface area contributed by atoms with Gasteiger partial charge in [0.2, 0.25) is 0 Å². The van der Waals surface area contributed by atoms with Crippen LogP contribution in [0.2, 0.25) is 10.0 Å². The van der Waals surface area contributed by atoms with E-state index >= 15 is 0 Å². The largest absolute Gasteiger partial charge is 0.461 e. The highest BCUT2D eigenvalue weighted by Gasteiger charge is 2.83. The first-order chi connectivity index (χ1) is 18.5. The standard InChI is InChI=1S/C26H18Cl2N4O4S2/c27-16-3-7-18(8-4-16)30-21-11-13-38-25(21)15-36-24(34)26(25)31(19-9-5-17(28)6-10-19)29-22(32(26)30)23(33)35-14-20-2-1-12-37-20/h1-13,21H,14-15H2/t21-,25+,26?/m1/s1. The summed E-state index contributed by atoms with van der Waals surface area (Å²) in [6.07, 6.45) is 2.02. The van der Waals surface area contributed by atoms with E-state index in [1.165, 1.54) is 23.1 Å². The van der Waals surface area contributed by atoms with E-state index < -0.39 is 22.3 Å². The maximum atomic E-state index is 13.9. The lowest BCUT2D eigenvalue weighted by Gasteiger charge is -2.40. The Morgan fingerprint density at radius 1 is 1.08 bits per heavy atom. The molecule has 2 spiro atoms. The van der Waals surface area contributed by atoms with Gasteiger partial charge in [-0.2, -0.15) is 0 Å². The third-order valence-electron chi connectivity index (χ3n) is 7.07. The summed E-state index contributed by atoms with van der Waals surface area (Å²) in [6, 6.07) is 17.7. The average Bonchev–Trinajstić information content (AvgIpc) is 3.72. The molecule has 7 rings (SSSR count). The lowest BCUT2D eigenvalue weighted by Crippen LogP contribution is -2.67. The Kier molecular flexibility index (Phi) is 5.45. The number of carbonyl (C=O) groups excluding carboxylic acids is 2. The van der Waals surface area contributed by atoms with E-state index in [1.807, 2.05) is 46.1 Å². The van der Waals surface area contributed by atoms with Crippen LogP contribution >= 0.6 is 46.3 Å². The summed E-state index contributed by atoms with van der Waals surface area (Å²) in [6.45, 7) is 0.220. The molecule has 0 N–H and O–H groups in total. The monoisotopic (exact) mass is 584 g/mol. The molecule has 2 fully saturated rings. The molecule has 38 heavy (non-hydrogen) atoms. The maximum absolute atomic E-state index is 13.9. The number of hydrazine groups is 1. The molecule has 5 heterocycles. The Labute approximate surface area is 236 Å². The summed E-state index contributed by atoms with van der Waals surface area (Å²) >= 11 is 15.4. The molecule has 0 radical (unpaired) electrons. The van der Waals surface area contributed by atoms with Gasteiger partial charge in [0.05, 0.1) is 17.4 Å². The van der Waals surface area contributed by atoms with Gasteiger partial charge in [-0.3, -0.25) is 5.01 Å². The van der Waals surface area contributed by atoms with Crippen molar-refractivity contribution in [2.45, 2.75) is 23.1 Å². The summed E-state index contributed by atoms with van der Waals surface area (Å²) < 4.78 is 10.7. The third kappa shape index (κ3) is 3.14. The average molecular weight is 585 g/mol. The Morgan fingerprint density at radius 3 is 2.47 bits per heavy atom. The highest BCUT2D eigenvalue weighted by atomic mass is 35.5. The number of rotatable bonds is 5. The molecule has 8 nitrogen and oxygen atoms in total. The molecule has 1 unspecified atom stereocenters. The number of amidine groups is 1. The zero-order chi connectivity index (χ0) is 26.1. The molecule has 0 saturated carbocycles. The van der Waals surface area contributed by atoms with E-state index in [1.54, 1.807) is 46.4 Å². The third-order valence-corrected chi connectivity index (χ3v) is 9.78. The SMILES string of the molecule is O=C(OCc1cccs1)C1=NN(c2ccc(Cl)cc2)C23C(=O)OC[C@@]24SC=C[C@H]4N(c2ccc(Cl)cc2)N13. The van der Waals surface area contributed by atoms with E-state index in [0.29, 0.717) is 15.7 Å². The molecular formula is C26H18Cl2N4O4S2. The number of hydrazone groups is 1. The topological polar surface area (TPSA) is 74.7 Å². The van der Waals surface area contributed by atoms with Crippen LogP contribution < -0.4 is 10.0 Å². The number of halogens is 2. The van der Waals surface area contributed by atoms with Gasteiger partial charge in [-0.1, -0.05) is 35.3 Å². The molecule has 0 aliphatic carbocycles. The number of cyclic esters (lactones) is 1. The summed E-state index contributed by atoms with van der Waals surface area (Å²) in [5.41, 5.74) is -0.163. The van der Waals surface area contributed by atoms with Crippen LogP contribution in [0.1, 0.15) is 4.88 Å². The number of benzene rings is 2. The van der Waals surface area contributed by atoms with Gasteiger partial charge in [0.25, 0.3) is 11.5 Å². The molecule has 1 aromatic heterocycles. The number of anilines is 2. The first-order valence-corrected chi connectivity index (χ1v) is 14.2. The normalized spacial score (nSPS) is 26.8. The summed E-state index contributed by atoms with van der Waals surface area (Å²) in [5.74, 6) is -1.18. The van der Waals surface area contributed by atoms with Gasteiger partial charge in [0.1, 0.15) is 18.0 Å². The molecule has 4 aliphatic rings. The first kappa shape index (κ1) is 23.9. The van der Waals surface area contributed by atoms with E-state index in [0.717, 1.165) is 10.6 Å². The van der Waals surface area contributed by atoms with E-state index in [4.69, 9.17) is 37.8 Å². The van der Waals surface area contributed by atoms with Crippen LogP contribution in [-0.2, 0) is 25.7 Å². The van der Waals surface area contributed by atoms with E-state index in [2.05, 4.69) is 0 Å². The predicted molar refractivity (Wildman–Crippen MR) is 148 cm³/mol. The molecule has 2 aromatic carbocycles. The van der Waals surface area contributed by atoms with Crippen molar-refractivity contribution < 1.29 is 19.1 Å². The van der Waals surface area contributed by atoms with E-state index in [9.17, 15) is 9.59 Å². The summed E-state index contributed by atoms with van der Waals surface area (Å²) in [4.78, 5) is 28.5. The van der Waals surface area contributed by atoms with Gasteiger partial charge in [-0.05, 0) is 65.4 Å². The second kappa shape index (κ2) is 8.67. The number of nitrogens with zero attached hydrogens (tertiary/aromatic N) is 4. The van der Waals surface area contributed by atoms with Crippen LogP contribution in [0.4, 0.5) is 11.4 Å². The quantitative estimate of drug-likeness (QED) is 0.374. The Bertz CT molecular complexity index is 1500. The number of thioether (sulfide) groups is 1. The second-order valence-electron chi connectivity index (χ2n) is 9.03. The molecule has 192 valence electrons. The van der Waals surface area contributed by atoms with Crippen molar-refractivity contribution in [3.63, 3.8) is 0 Å². The van der Waals surface area contributed by atoms with Gasteiger partial charge < -0.3 is 9.47 Å². The Balaban J connectivity index is 1.41. The van der Waals surface area contributed by atoms with Crippen LogP contribution in [0.15, 0.2) is 82.6 Å². The predicted octanol–water partition coefficient (Wildman–Crippen LogP) is 5.29. The number of hydrogen-bond donors (Lipinski definition) is 0. The number of esters is 2. The summed E-state index contributed by atoms with van der Waals surface area (Å²) in [5, 5.41) is 14.9. The fourth-order valence-electron chi connectivity index (χ4n) is 5.48. The van der Waals surface area contributed by atoms with Crippen molar-refractivity contribution in [3.8, 4) is 0 Å². The van der Waals surface area contributed by atoms with Crippen molar-refractivity contribution in [2.75, 3.05) is 16.6 Å². The van der Waals surface area contributed by atoms with Crippen molar-refractivity contribution in [3.05, 3.63) is 92.5 Å². The number of ether oxygens (including phenoxy) is 2. The smallest absolute Gasteiger partial charge is 0.378 e. The Hall–Kier alpha value is -3.18. The van der Waals surface area contributed by atoms with Crippen molar-refractivity contribution in [1.29, 1.82) is 0 Å². The molecule has 12 heteroatoms. The molecular weight excluding hydrogens is 567 g/mol. The Morgan fingerprint density at radius 2 is 1.79 bits per heavy atom. The minimum Gasteiger partial charge on any atom is -0.461 e. The van der Waals surface area contributed by atoms with Gasteiger partial charge in [0, 0.05) is 14.9 Å². The van der Waals surface area contributed by atoms with Crippen LogP contribution in [-0.4, -0.2) is 45.8 Å². The van der Waals surface area contributed by atoms with Gasteiger partial charge in [-0.25, -0.2) is 19.6 Å². The molecule has 0 bridgehead atoms. The molecule has 4 aliphatic heterocycles. The number of carbonyl (C=O) groups is 2. The fourth-order valence-corrected chi connectivity index (χ4v) is 7.68. The van der Waals surface area contributed by atoms with Crippen LogP contribution in [0.3, 0.4) is 0 Å². The van der Waals surface area contributed by atoms with Gasteiger partial charge >= 0.3 is 11.9 Å². The zero-order valence-electron chi connectivity index (χ0n) is 19.5. The van der Waals surface area contributed by atoms with Crippen molar-refractivity contribution >= 4 is 75.4 Å². The molecule has 3 atom stereocenters.